The number of H-pyrrole nitrogens is 1. The average molecular weight is 302 g/mol. The highest BCUT2D eigenvalue weighted by molar-refractivity contribution is 5.88. The molecule has 0 aliphatic carbocycles. The van der Waals surface area contributed by atoms with Gasteiger partial charge in [0, 0.05) is 12.7 Å². The van der Waals surface area contributed by atoms with Gasteiger partial charge in [-0.05, 0) is 45.8 Å². The summed E-state index contributed by atoms with van der Waals surface area (Å²) in [6.07, 6.45) is 7.31. The second-order valence-corrected chi connectivity index (χ2v) is 5.93. The number of aromatic nitrogens is 3. The summed E-state index contributed by atoms with van der Waals surface area (Å²) < 4.78 is 5.91. The molecule has 118 valence electrons. The first-order valence-electron chi connectivity index (χ1n) is 7.35. The molecular weight excluding hydrogens is 280 g/mol. The molecule has 6 heteroatoms. The lowest BCUT2D eigenvalue weighted by Crippen LogP contribution is -2.23. The number of nitrogens with zero attached hydrogens (tertiary/aromatic N) is 2. The predicted octanol–water partition coefficient (Wildman–Crippen LogP) is 2.37. The van der Waals surface area contributed by atoms with Gasteiger partial charge in [0.05, 0.1) is 5.39 Å². The van der Waals surface area contributed by atoms with E-state index in [2.05, 4.69) is 20.3 Å². The Morgan fingerprint density at radius 1 is 1.41 bits per heavy atom. The van der Waals surface area contributed by atoms with E-state index in [1.165, 1.54) is 12.4 Å². The van der Waals surface area contributed by atoms with Crippen LogP contribution in [0.3, 0.4) is 0 Å². The number of allylic oxidation sites excluding steroid dienone is 1. The number of fused-ring (bicyclic) bond motifs is 1. The van der Waals surface area contributed by atoms with Gasteiger partial charge in [0.25, 0.3) is 0 Å². The van der Waals surface area contributed by atoms with E-state index in [1.54, 1.807) is 0 Å². The van der Waals surface area contributed by atoms with Gasteiger partial charge in [0.15, 0.2) is 0 Å². The number of rotatable bonds is 5. The molecule has 0 aliphatic heterocycles. The van der Waals surface area contributed by atoms with Crippen molar-refractivity contribution >= 4 is 16.9 Å². The molecule has 2 aromatic rings. The van der Waals surface area contributed by atoms with Gasteiger partial charge < -0.3 is 15.0 Å². The van der Waals surface area contributed by atoms with Crippen LogP contribution in [0.4, 0.5) is 0 Å². The standard InChI is InChI=1S/C16H22N4O2/c1-5-17-12(21)8-6-7-11-9-18-14-13(11)15(20-10-19-14)22-16(2,3)4/h6,8-10H,5,7H2,1-4H3,(H,17,21)(H,18,19,20). The molecule has 0 bridgehead atoms. The molecule has 1 amide bonds. The van der Waals surface area contributed by atoms with E-state index in [4.69, 9.17) is 4.74 Å². The van der Waals surface area contributed by atoms with Crippen LogP contribution in [0.15, 0.2) is 24.7 Å². The maximum Gasteiger partial charge on any atom is 0.243 e. The molecule has 2 heterocycles. The van der Waals surface area contributed by atoms with Gasteiger partial charge in [0.2, 0.25) is 11.8 Å². The average Bonchev–Trinajstić information content (AvgIpc) is 2.82. The van der Waals surface area contributed by atoms with E-state index in [1.807, 2.05) is 40.0 Å². The van der Waals surface area contributed by atoms with E-state index in [9.17, 15) is 4.79 Å². The van der Waals surface area contributed by atoms with Crippen LogP contribution >= 0.6 is 0 Å². The maximum absolute atomic E-state index is 11.4. The SMILES string of the molecule is CCNC(=O)C=CCc1c[nH]c2ncnc(OC(C)(C)C)c12. The Balaban J connectivity index is 2.25. The number of ether oxygens (including phenoxy) is 1. The molecule has 6 nitrogen and oxygen atoms in total. The van der Waals surface area contributed by atoms with Crippen LogP contribution < -0.4 is 10.1 Å². The molecule has 0 unspecified atom stereocenters. The zero-order valence-corrected chi connectivity index (χ0v) is 13.4. The van der Waals surface area contributed by atoms with Crippen LogP contribution in [0.5, 0.6) is 5.88 Å². The Bertz CT molecular complexity index is 683. The molecule has 0 atom stereocenters. The Hall–Kier alpha value is -2.37. The zero-order valence-electron chi connectivity index (χ0n) is 13.4. The van der Waals surface area contributed by atoms with Crippen molar-refractivity contribution < 1.29 is 9.53 Å². The molecule has 0 radical (unpaired) electrons. The molecule has 2 N–H and O–H groups in total. The fourth-order valence-electron chi connectivity index (χ4n) is 2.05. The third-order valence-electron chi connectivity index (χ3n) is 2.88. The van der Waals surface area contributed by atoms with Crippen LogP contribution in [0.1, 0.15) is 33.3 Å². The van der Waals surface area contributed by atoms with Crippen LogP contribution in [-0.2, 0) is 11.2 Å². The minimum absolute atomic E-state index is 0.0928. The molecule has 0 aromatic carbocycles. The van der Waals surface area contributed by atoms with Crippen molar-refractivity contribution in [2.75, 3.05) is 6.54 Å². The number of amides is 1. The summed E-state index contributed by atoms with van der Waals surface area (Å²) in [6, 6.07) is 0. The van der Waals surface area contributed by atoms with Crippen molar-refractivity contribution in [1.82, 2.24) is 20.3 Å². The Kier molecular flexibility index (Phi) is 4.80. The number of likely N-dealkylation sites (N-methyl/N-ethyl adjacent to an activating group) is 1. The van der Waals surface area contributed by atoms with Gasteiger partial charge in [-0.1, -0.05) is 6.08 Å². The fraction of sp³-hybridized carbons (Fsp3) is 0.438. The van der Waals surface area contributed by atoms with Gasteiger partial charge in [-0.25, -0.2) is 9.97 Å². The van der Waals surface area contributed by atoms with Gasteiger partial charge in [-0.15, -0.1) is 0 Å². The quantitative estimate of drug-likeness (QED) is 0.831. The summed E-state index contributed by atoms with van der Waals surface area (Å²) in [4.78, 5) is 23.0. The number of carbonyl (C=O) groups is 1. The summed E-state index contributed by atoms with van der Waals surface area (Å²) in [5.41, 5.74) is 1.39. The lowest BCUT2D eigenvalue weighted by Gasteiger charge is -2.20. The Morgan fingerprint density at radius 3 is 2.86 bits per heavy atom. The topological polar surface area (TPSA) is 79.9 Å². The third-order valence-corrected chi connectivity index (χ3v) is 2.88. The van der Waals surface area contributed by atoms with E-state index in [0.29, 0.717) is 18.8 Å². The monoisotopic (exact) mass is 302 g/mol. The molecule has 0 spiro atoms. The second-order valence-electron chi connectivity index (χ2n) is 5.93. The first kappa shape index (κ1) is 16.0. The van der Waals surface area contributed by atoms with Crippen molar-refractivity contribution in [3.05, 3.63) is 30.2 Å². The Labute approximate surface area is 130 Å². The molecule has 0 saturated carbocycles. The van der Waals surface area contributed by atoms with Crippen LogP contribution in [0, 0.1) is 0 Å². The van der Waals surface area contributed by atoms with Gasteiger partial charge in [-0.2, -0.15) is 0 Å². The van der Waals surface area contributed by atoms with Gasteiger partial charge in [-0.3, -0.25) is 4.79 Å². The first-order chi connectivity index (χ1) is 10.4. The third kappa shape index (κ3) is 4.07. The maximum atomic E-state index is 11.4. The number of hydrogen-bond acceptors (Lipinski definition) is 4. The molecular formula is C16H22N4O2. The van der Waals surface area contributed by atoms with Crippen molar-refractivity contribution in [2.45, 2.75) is 39.7 Å². The largest absolute Gasteiger partial charge is 0.471 e. The van der Waals surface area contributed by atoms with Crippen LogP contribution in [0.2, 0.25) is 0 Å². The number of aromatic amines is 1. The fourth-order valence-corrected chi connectivity index (χ4v) is 2.05. The second kappa shape index (κ2) is 6.60. The van der Waals surface area contributed by atoms with Crippen LogP contribution in [0.25, 0.3) is 11.0 Å². The summed E-state index contributed by atoms with van der Waals surface area (Å²) in [6.45, 7) is 8.43. The Morgan fingerprint density at radius 2 is 2.18 bits per heavy atom. The van der Waals surface area contributed by atoms with E-state index in [0.717, 1.165) is 16.6 Å². The zero-order chi connectivity index (χ0) is 16.2. The van der Waals surface area contributed by atoms with Crippen molar-refractivity contribution in [3.63, 3.8) is 0 Å². The smallest absolute Gasteiger partial charge is 0.243 e. The van der Waals surface area contributed by atoms with Gasteiger partial charge >= 0.3 is 0 Å². The molecule has 0 fully saturated rings. The highest BCUT2D eigenvalue weighted by atomic mass is 16.5. The van der Waals surface area contributed by atoms with Crippen molar-refractivity contribution in [2.24, 2.45) is 0 Å². The minimum atomic E-state index is -0.341. The van der Waals surface area contributed by atoms with Crippen LogP contribution in [-0.4, -0.2) is 33.0 Å². The molecule has 2 aromatic heterocycles. The van der Waals surface area contributed by atoms with E-state index in [-0.39, 0.29) is 11.5 Å². The number of carbonyl (C=O) groups excluding carboxylic acids is 1. The molecule has 0 aliphatic rings. The normalized spacial score (nSPS) is 12.0. The predicted molar refractivity (Wildman–Crippen MR) is 85.8 cm³/mol. The highest BCUT2D eigenvalue weighted by Gasteiger charge is 2.18. The van der Waals surface area contributed by atoms with E-state index >= 15 is 0 Å². The molecule has 2 rings (SSSR count). The van der Waals surface area contributed by atoms with Gasteiger partial charge in [0.1, 0.15) is 17.6 Å². The minimum Gasteiger partial charge on any atom is -0.471 e. The number of hydrogen-bond donors (Lipinski definition) is 2. The lowest BCUT2D eigenvalue weighted by molar-refractivity contribution is -0.116. The molecule has 22 heavy (non-hydrogen) atoms. The number of nitrogens with one attached hydrogen (secondary N) is 2. The van der Waals surface area contributed by atoms with Crippen molar-refractivity contribution in [1.29, 1.82) is 0 Å². The summed E-state index contributed by atoms with van der Waals surface area (Å²) in [5.74, 6) is 0.463. The van der Waals surface area contributed by atoms with E-state index < -0.39 is 0 Å². The molecule has 0 saturated heterocycles. The van der Waals surface area contributed by atoms with Crippen molar-refractivity contribution in [3.8, 4) is 5.88 Å². The first-order valence-corrected chi connectivity index (χ1v) is 7.35. The summed E-state index contributed by atoms with van der Waals surface area (Å²) >= 11 is 0. The summed E-state index contributed by atoms with van der Waals surface area (Å²) in [5, 5.41) is 3.58. The summed E-state index contributed by atoms with van der Waals surface area (Å²) in [7, 11) is 0. The lowest BCUT2D eigenvalue weighted by atomic mass is 10.1. The highest BCUT2D eigenvalue weighted by Crippen LogP contribution is 2.28.